The van der Waals surface area contributed by atoms with E-state index in [1.165, 1.54) is 24.3 Å². The van der Waals surface area contributed by atoms with Crippen molar-refractivity contribution in [3.05, 3.63) is 71.3 Å². The number of ether oxygens (including phenoxy) is 1. The number of aromatic hydroxyl groups is 1. The fourth-order valence-corrected chi connectivity index (χ4v) is 2.17. The molecule has 0 heterocycles. The van der Waals surface area contributed by atoms with E-state index in [9.17, 15) is 19.5 Å². The molecule has 0 aliphatic rings. The number of phenols is 1. The molecule has 0 spiro atoms. The molecule has 0 aliphatic heterocycles. The molecule has 2 rings (SSSR count). The van der Waals surface area contributed by atoms with E-state index in [-0.39, 0.29) is 23.5 Å². The molecule has 0 aromatic heterocycles. The highest BCUT2D eigenvalue weighted by Gasteiger charge is 2.17. The summed E-state index contributed by atoms with van der Waals surface area (Å²) in [6, 6.07) is 13.1. The van der Waals surface area contributed by atoms with E-state index < -0.39 is 24.0 Å². The molecule has 0 radical (unpaired) electrons. The molecule has 0 unspecified atom stereocenters. The molecule has 5 heteroatoms. The lowest BCUT2D eigenvalue weighted by atomic mass is 10.0. The molecule has 0 saturated heterocycles. The van der Waals surface area contributed by atoms with E-state index in [4.69, 9.17) is 4.74 Å². The quantitative estimate of drug-likeness (QED) is 0.362. The molecule has 0 saturated carbocycles. The Hall–Kier alpha value is -3.21. The minimum atomic E-state index is -0.591. The lowest BCUT2D eigenvalue weighted by Crippen LogP contribution is -2.09. The smallest absolute Gasteiger partial charge is 0.338 e. The number of rotatable bonds is 7. The monoisotopic (exact) mass is 338 g/mol. The second-order valence-corrected chi connectivity index (χ2v) is 5.26. The summed E-state index contributed by atoms with van der Waals surface area (Å²) in [6.45, 7) is 1.87. The van der Waals surface area contributed by atoms with Crippen LogP contribution in [0.1, 0.15) is 39.6 Å². The third-order valence-electron chi connectivity index (χ3n) is 3.40. The average Bonchev–Trinajstić information content (AvgIpc) is 2.61. The first-order valence-electron chi connectivity index (χ1n) is 7.80. The number of hydrogen-bond donors (Lipinski definition) is 1. The zero-order chi connectivity index (χ0) is 18.2. The van der Waals surface area contributed by atoms with Gasteiger partial charge in [-0.05, 0) is 36.8 Å². The van der Waals surface area contributed by atoms with Crippen LogP contribution in [0.5, 0.6) is 5.75 Å². The number of carbonyl (C=O) groups is 3. The van der Waals surface area contributed by atoms with Crippen LogP contribution in [0.25, 0.3) is 6.08 Å². The fraction of sp³-hybridized carbons (Fsp3) is 0.150. The largest absolute Gasteiger partial charge is 0.507 e. The Morgan fingerprint density at radius 3 is 2.48 bits per heavy atom. The number of ketones is 2. The first-order chi connectivity index (χ1) is 12.0. The highest BCUT2D eigenvalue weighted by atomic mass is 16.5. The highest BCUT2D eigenvalue weighted by molar-refractivity contribution is 6.13. The molecule has 2 aromatic carbocycles. The number of benzene rings is 2. The summed E-state index contributed by atoms with van der Waals surface area (Å²) in [5, 5.41) is 9.84. The van der Waals surface area contributed by atoms with Crippen molar-refractivity contribution in [2.24, 2.45) is 0 Å². The van der Waals surface area contributed by atoms with Gasteiger partial charge in [0.15, 0.2) is 11.6 Å². The molecule has 0 bridgehead atoms. The van der Waals surface area contributed by atoms with Crippen LogP contribution in [0, 0.1) is 0 Å². The molecule has 0 fully saturated rings. The van der Waals surface area contributed by atoms with Crippen LogP contribution in [0.3, 0.4) is 0 Å². The second-order valence-electron chi connectivity index (χ2n) is 5.26. The molecule has 128 valence electrons. The molecule has 1 N–H and O–H groups in total. The van der Waals surface area contributed by atoms with E-state index in [0.29, 0.717) is 0 Å². The maximum atomic E-state index is 12.3. The van der Waals surface area contributed by atoms with E-state index >= 15 is 0 Å². The number of carbonyl (C=O) groups excluding carboxylic acids is 3. The summed E-state index contributed by atoms with van der Waals surface area (Å²) in [4.78, 5) is 35.9. The van der Waals surface area contributed by atoms with Gasteiger partial charge in [0.25, 0.3) is 0 Å². The van der Waals surface area contributed by atoms with Gasteiger partial charge < -0.3 is 9.84 Å². The minimum Gasteiger partial charge on any atom is -0.507 e. The number of allylic oxidation sites excluding steroid dienone is 1. The summed E-state index contributed by atoms with van der Waals surface area (Å²) in [5.41, 5.74) is 0.915. The van der Waals surface area contributed by atoms with Crippen molar-refractivity contribution in [2.75, 3.05) is 6.61 Å². The maximum Gasteiger partial charge on any atom is 0.338 e. The zero-order valence-electron chi connectivity index (χ0n) is 13.8. The summed E-state index contributed by atoms with van der Waals surface area (Å²) in [5.74, 6) is -1.83. The second kappa shape index (κ2) is 8.59. The number of hydrogen-bond acceptors (Lipinski definition) is 5. The van der Waals surface area contributed by atoms with Crippen molar-refractivity contribution >= 4 is 23.6 Å². The van der Waals surface area contributed by atoms with E-state index in [0.717, 1.165) is 5.56 Å². The fourth-order valence-electron chi connectivity index (χ4n) is 2.17. The van der Waals surface area contributed by atoms with E-state index in [2.05, 4.69) is 0 Å². The minimum absolute atomic E-state index is 0.0768. The Labute approximate surface area is 145 Å². The van der Waals surface area contributed by atoms with Crippen LogP contribution in [-0.2, 0) is 9.53 Å². The first kappa shape index (κ1) is 18.1. The van der Waals surface area contributed by atoms with E-state index in [1.807, 2.05) is 30.3 Å². The Bertz CT molecular complexity index is 806. The summed E-state index contributed by atoms with van der Waals surface area (Å²) < 4.78 is 4.86. The van der Waals surface area contributed by atoms with Crippen LogP contribution in [0.4, 0.5) is 0 Å². The van der Waals surface area contributed by atoms with Crippen molar-refractivity contribution in [1.82, 2.24) is 0 Å². The van der Waals surface area contributed by atoms with E-state index in [1.54, 1.807) is 13.0 Å². The molecule has 0 atom stereocenters. The Morgan fingerprint density at radius 1 is 1.08 bits per heavy atom. The third kappa shape index (κ3) is 5.14. The molecular formula is C20H18O5. The van der Waals surface area contributed by atoms with Gasteiger partial charge in [0, 0.05) is 0 Å². The number of esters is 1. The predicted octanol–water partition coefficient (Wildman–Crippen LogP) is 3.42. The first-order valence-corrected chi connectivity index (χ1v) is 7.80. The SMILES string of the molecule is CCOC(=O)c1ccc(O)c(C(=O)CC(=O)/C=C/c2ccccc2)c1. The van der Waals surface area contributed by atoms with Gasteiger partial charge in [-0.25, -0.2) is 4.79 Å². The summed E-state index contributed by atoms with van der Waals surface area (Å²) >= 11 is 0. The van der Waals surface area contributed by atoms with Crippen molar-refractivity contribution in [3.8, 4) is 5.75 Å². The topological polar surface area (TPSA) is 80.7 Å². The van der Waals surface area contributed by atoms with Crippen molar-refractivity contribution in [3.63, 3.8) is 0 Å². The number of phenolic OH excluding ortho intramolecular Hbond substituents is 1. The standard InChI is InChI=1S/C20H18O5/c1-2-25-20(24)15-9-11-18(22)17(12-15)19(23)13-16(21)10-8-14-6-4-3-5-7-14/h3-12,22H,2,13H2,1H3/b10-8+. The van der Waals surface area contributed by atoms with Gasteiger partial charge in [0.2, 0.25) is 0 Å². The molecule has 2 aromatic rings. The zero-order valence-corrected chi connectivity index (χ0v) is 13.8. The van der Waals surface area contributed by atoms with Crippen LogP contribution in [0.2, 0.25) is 0 Å². The molecule has 25 heavy (non-hydrogen) atoms. The predicted molar refractivity (Wildman–Crippen MR) is 93.5 cm³/mol. The summed E-state index contributed by atoms with van der Waals surface area (Å²) in [6.07, 6.45) is 2.53. The van der Waals surface area contributed by atoms with Crippen molar-refractivity contribution in [1.29, 1.82) is 0 Å². The van der Waals surface area contributed by atoms with Gasteiger partial charge >= 0.3 is 5.97 Å². The van der Waals surface area contributed by atoms with Crippen LogP contribution >= 0.6 is 0 Å². The van der Waals surface area contributed by atoms with Crippen LogP contribution in [-0.4, -0.2) is 29.2 Å². The average molecular weight is 338 g/mol. The van der Waals surface area contributed by atoms with Gasteiger partial charge in [0.1, 0.15) is 5.75 Å². The molecule has 5 nitrogen and oxygen atoms in total. The van der Waals surface area contributed by atoms with Crippen molar-refractivity contribution in [2.45, 2.75) is 13.3 Å². The normalized spacial score (nSPS) is 10.6. The van der Waals surface area contributed by atoms with Crippen LogP contribution in [0.15, 0.2) is 54.6 Å². The van der Waals surface area contributed by atoms with Gasteiger partial charge in [-0.1, -0.05) is 36.4 Å². The van der Waals surface area contributed by atoms with Gasteiger partial charge in [-0.15, -0.1) is 0 Å². The van der Waals surface area contributed by atoms with Crippen molar-refractivity contribution < 1.29 is 24.2 Å². The highest BCUT2D eigenvalue weighted by Crippen LogP contribution is 2.21. The summed E-state index contributed by atoms with van der Waals surface area (Å²) in [7, 11) is 0. The van der Waals surface area contributed by atoms with Gasteiger partial charge in [-0.2, -0.15) is 0 Å². The Morgan fingerprint density at radius 2 is 1.80 bits per heavy atom. The third-order valence-corrected chi connectivity index (χ3v) is 3.40. The van der Waals surface area contributed by atoms with Gasteiger partial charge in [-0.3, -0.25) is 9.59 Å². The van der Waals surface area contributed by atoms with Crippen LogP contribution < -0.4 is 0 Å². The lowest BCUT2D eigenvalue weighted by Gasteiger charge is -2.06. The molecular weight excluding hydrogens is 320 g/mol. The maximum absolute atomic E-state index is 12.3. The lowest BCUT2D eigenvalue weighted by molar-refractivity contribution is -0.113. The van der Waals surface area contributed by atoms with Gasteiger partial charge in [0.05, 0.1) is 24.2 Å². The molecule has 0 aliphatic carbocycles. The Kier molecular flexibility index (Phi) is 6.23. The number of Topliss-reactive ketones (excluding diaryl/α,β-unsaturated/α-hetero) is 1. The Balaban J connectivity index is 2.09. The molecule has 0 amide bonds.